The lowest BCUT2D eigenvalue weighted by molar-refractivity contribution is -0.582. The van der Waals surface area contributed by atoms with Gasteiger partial charge in [-0.2, -0.15) is 0 Å². The molecule has 4 heterocycles. The average Bonchev–Trinajstić information content (AvgIpc) is 2.88. The van der Waals surface area contributed by atoms with Gasteiger partial charge < -0.3 is 19.9 Å². The van der Waals surface area contributed by atoms with Crippen LogP contribution in [0, 0.1) is 0 Å². The molecule has 1 N–H and O–H groups in total. The second kappa shape index (κ2) is 9.19. The molecular formula is C32H32N2O4Si. The van der Waals surface area contributed by atoms with E-state index in [9.17, 15) is 19.8 Å². The molecule has 0 atom stereocenters. The first-order chi connectivity index (χ1) is 19.0. The van der Waals surface area contributed by atoms with Crippen molar-refractivity contribution in [1.82, 2.24) is 0 Å². The number of hydrogen-bond donors (Lipinski definition) is 1. The summed E-state index contributed by atoms with van der Waals surface area (Å²) in [4.78, 5) is 26.6. The Morgan fingerprint density at radius 1 is 0.897 bits per heavy atom. The number of benzene rings is 2. The molecule has 2 aromatic rings. The van der Waals surface area contributed by atoms with E-state index in [0.717, 1.165) is 42.9 Å². The van der Waals surface area contributed by atoms with Gasteiger partial charge in [-0.25, -0.2) is 9.37 Å². The molecular weight excluding hydrogens is 504 g/mol. The highest BCUT2D eigenvalue weighted by atomic mass is 28.3. The molecule has 39 heavy (non-hydrogen) atoms. The number of carboxylic acids is 2. The summed E-state index contributed by atoms with van der Waals surface area (Å²) in [5, 5.41) is 24.8. The monoisotopic (exact) mass is 536 g/mol. The molecule has 0 unspecified atom stereocenters. The predicted octanol–water partition coefficient (Wildman–Crippen LogP) is 3.51. The van der Waals surface area contributed by atoms with Gasteiger partial charge in [-0.15, -0.1) is 0 Å². The fourth-order valence-electron chi connectivity index (χ4n) is 7.17. The van der Waals surface area contributed by atoms with E-state index in [1.54, 1.807) is 6.07 Å². The first-order valence-corrected chi connectivity index (χ1v) is 16.6. The molecule has 7 rings (SSSR count). The Morgan fingerprint density at radius 2 is 1.67 bits per heavy atom. The molecule has 3 saturated heterocycles. The van der Waals surface area contributed by atoms with E-state index in [2.05, 4.69) is 45.9 Å². The minimum atomic E-state index is -2.12. The van der Waals surface area contributed by atoms with Crippen molar-refractivity contribution in [3.05, 3.63) is 87.6 Å². The summed E-state index contributed by atoms with van der Waals surface area (Å²) in [7, 11) is -2.12. The SMILES string of the molecule is O=C(O)c1ccc(C2=C3C=CC(=[N+]4CCC4)C=C3[Si]3(CCCCC3)c3cc(N4CCC4)ccc32)c(C(=O)[O-])c1. The third-order valence-corrected chi connectivity index (χ3v) is 14.8. The van der Waals surface area contributed by atoms with Crippen molar-refractivity contribution in [1.29, 1.82) is 0 Å². The minimum Gasteiger partial charge on any atom is -0.545 e. The number of hydrogen-bond acceptors (Lipinski definition) is 4. The number of carbonyl (C=O) groups is 2. The fraction of sp³-hybridized carbons (Fsp3) is 0.344. The molecule has 3 fully saturated rings. The van der Waals surface area contributed by atoms with Crippen LogP contribution in [0.1, 0.15) is 63.9 Å². The van der Waals surface area contributed by atoms with Crippen LogP contribution in [0.15, 0.2) is 65.4 Å². The Bertz CT molecular complexity index is 1550. The third-order valence-electron chi connectivity index (χ3n) is 9.48. The number of carbonyl (C=O) groups excluding carboxylic acids is 1. The van der Waals surface area contributed by atoms with Gasteiger partial charge in [0, 0.05) is 36.5 Å². The van der Waals surface area contributed by atoms with E-state index in [1.165, 1.54) is 78.1 Å². The van der Waals surface area contributed by atoms with Crippen molar-refractivity contribution in [2.24, 2.45) is 0 Å². The van der Waals surface area contributed by atoms with Gasteiger partial charge in [-0.3, -0.25) is 0 Å². The van der Waals surface area contributed by atoms with E-state index >= 15 is 0 Å². The molecule has 1 aliphatic carbocycles. The zero-order chi connectivity index (χ0) is 26.7. The first kappa shape index (κ1) is 24.3. The normalized spacial score (nSPS) is 21.1. The maximum atomic E-state index is 12.4. The number of aromatic carboxylic acids is 2. The summed E-state index contributed by atoms with van der Waals surface area (Å²) in [5.74, 6) is -2.50. The van der Waals surface area contributed by atoms with Crippen LogP contribution in [0.3, 0.4) is 0 Å². The van der Waals surface area contributed by atoms with Crippen LogP contribution in [-0.2, 0) is 0 Å². The molecule has 0 saturated carbocycles. The second-order valence-corrected chi connectivity index (χ2v) is 15.8. The fourth-order valence-corrected chi connectivity index (χ4v) is 12.8. The summed E-state index contributed by atoms with van der Waals surface area (Å²) in [6.07, 6.45) is 13.0. The van der Waals surface area contributed by atoms with E-state index < -0.39 is 20.0 Å². The van der Waals surface area contributed by atoms with Crippen LogP contribution in [0.2, 0.25) is 12.1 Å². The van der Waals surface area contributed by atoms with E-state index in [4.69, 9.17) is 0 Å². The Labute approximate surface area is 229 Å². The van der Waals surface area contributed by atoms with Gasteiger partial charge in [-0.1, -0.05) is 31.4 Å². The number of carboxylic acid groups (broad SMARTS) is 2. The van der Waals surface area contributed by atoms with Crippen LogP contribution in [-0.4, -0.2) is 61.6 Å². The molecule has 0 amide bonds. The van der Waals surface area contributed by atoms with Crippen molar-refractivity contribution in [2.75, 3.05) is 31.1 Å². The summed E-state index contributed by atoms with van der Waals surface area (Å²) >= 11 is 0. The second-order valence-electron chi connectivity index (χ2n) is 11.5. The highest BCUT2D eigenvalue weighted by Crippen LogP contribution is 2.48. The van der Waals surface area contributed by atoms with Gasteiger partial charge >= 0.3 is 5.97 Å². The first-order valence-electron chi connectivity index (χ1n) is 14.2. The third kappa shape index (κ3) is 3.78. The summed E-state index contributed by atoms with van der Waals surface area (Å²) in [5.41, 5.74) is 6.07. The topological polar surface area (TPSA) is 83.7 Å². The lowest BCUT2D eigenvalue weighted by atomic mass is 9.86. The van der Waals surface area contributed by atoms with Crippen molar-refractivity contribution in [3.8, 4) is 0 Å². The number of allylic oxidation sites excluding steroid dienone is 5. The molecule has 1 spiro atoms. The van der Waals surface area contributed by atoms with Gasteiger partial charge in [0.15, 0.2) is 5.71 Å². The summed E-state index contributed by atoms with van der Waals surface area (Å²) in [6, 6.07) is 13.7. The number of fused-ring (bicyclic) bond motifs is 4. The van der Waals surface area contributed by atoms with Crippen LogP contribution in [0.5, 0.6) is 0 Å². The number of anilines is 1. The van der Waals surface area contributed by atoms with Crippen LogP contribution in [0.25, 0.3) is 5.57 Å². The summed E-state index contributed by atoms with van der Waals surface area (Å²) < 4.78 is 2.44. The number of rotatable bonds is 4. The molecule has 4 aliphatic heterocycles. The molecule has 198 valence electrons. The molecule has 2 aromatic carbocycles. The Morgan fingerprint density at radius 3 is 2.31 bits per heavy atom. The van der Waals surface area contributed by atoms with Crippen molar-refractivity contribution < 1.29 is 24.4 Å². The molecule has 6 nitrogen and oxygen atoms in total. The molecule has 0 bridgehead atoms. The van der Waals surface area contributed by atoms with Crippen molar-refractivity contribution in [3.63, 3.8) is 0 Å². The van der Waals surface area contributed by atoms with Gasteiger partial charge in [0.2, 0.25) is 0 Å². The lowest BCUT2D eigenvalue weighted by Gasteiger charge is -2.45. The zero-order valence-corrected chi connectivity index (χ0v) is 23.0. The van der Waals surface area contributed by atoms with Gasteiger partial charge in [0.05, 0.1) is 18.0 Å². The lowest BCUT2D eigenvalue weighted by Crippen LogP contribution is -2.56. The molecule has 0 radical (unpaired) electrons. The largest absolute Gasteiger partial charge is 0.545 e. The Hall–Kier alpha value is -3.71. The summed E-state index contributed by atoms with van der Waals surface area (Å²) in [6.45, 7) is 4.30. The number of nitrogens with zero attached hydrogens (tertiary/aromatic N) is 2. The Kier molecular flexibility index (Phi) is 5.74. The van der Waals surface area contributed by atoms with Crippen molar-refractivity contribution in [2.45, 2.75) is 44.2 Å². The van der Waals surface area contributed by atoms with Crippen molar-refractivity contribution >= 4 is 42.2 Å². The zero-order valence-electron chi connectivity index (χ0n) is 22.0. The Balaban J connectivity index is 1.53. The quantitative estimate of drug-likeness (QED) is 0.478. The molecule has 0 aromatic heterocycles. The highest BCUT2D eigenvalue weighted by Gasteiger charge is 2.48. The highest BCUT2D eigenvalue weighted by molar-refractivity contribution is 7.00. The predicted molar refractivity (Wildman–Crippen MR) is 153 cm³/mol. The minimum absolute atomic E-state index is 0.0470. The maximum Gasteiger partial charge on any atom is 0.335 e. The van der Waals surface area contributed by atoms with E-state index in [0.29, 0.717) is 5.56 Å². The van der Waals surface area contributed by atoms with Crippen LogP contribution in [0.4, 0.5) is 5.69 Å². The molecule has 5 aliphatic rings. The van der Waals surface area contributed by atoms with Crippen LogP contribution < -0.4 is 15.2 Å². The van der Waals surface area contributed by atoms with Gasteiger partial charge in [-0.05, 0) is 81.5 Å². The standard InChI is InChI=1S/C32H32N2O4Si/c35-31(36)21-6-9-24(27(18-21)32(37)38)30-25-10-7-22(33-12-4-13-33)19-28(25)39(16-2-1-3-17-39)29-20-23(8-11-26(29)30)34-14-5-15-34/h6-11,18-20H,1-5,12-17H2,(H-,35,36,37,38). The van der Waals surface area contributed by atoms with E-state index in [1.807, 2.05) is 0 Å². The van der Waals surface area contributed by atoms with Gasteiger partial charge in [0.1, 0.15) is 21.2 Å². The maximum absolute atomic E-state index is 12.4. The van der Waals surface area contributed by atoms with E-state index in [-0.39, 0.29) is 11.1 Å². The average molecular weight is 537 g/mol. The smallest absolute Gasteiger partial charge is 0.335 e. The van der Waals surface area contributed by atoms with Gasteiger partial charge in [0.25, 0.3) is 0 Å². The van der Waals surface area contributed by atoms with Crippen LogP contribution >= 0.6 is 0 Å². The molecule has 7 heteroatoms.